The summed E-state index contributed by atoms with van der Waals surface area (Å²) in [6.45, 7) is 3.41. The van der Waals surface area contributed by atoms with Crippen LogP contribution in [0.1, 0.15) is 35.0 Å². The van der Waals surface area contributed by atoms with Gasteiger partial charge in [0.2, 0.25) is 10.0 Å². The van der Waals surface area contributed by atoms with E-state index in [0.717, 1.165) is 4.88 Å². The first-order valence-corrected chi connectivity index (χ1v) is 12.3. The Morgan fingerprint density at radius 1 is 1.17 bits per heavy atom. The first-order chi connectivity index (χ1) is 14.4. The Bertz CT molecular complexity index is 948. The molecule has 0 spiro atoms. The number of rotatable bonds is 8. The molecule has 0 atom stereocenters. The lowest BCUT2D eigenvalue weighted by molar-refractivity contribution is -0.149. The summed E-state index contributed by atoms with van der Waals surface area (Å²) >= 11 is 1.59. The highest BCUT2D eigenvalue weighted by Crippen LogP contribution is 2.21. The fraction of sp³-hybridized carbons (Fsp3) is 0.429. The van der Waals surface area contributed by atoms with E-state index in [1.54, 1.807) is 23.2 Å². The van der Waals surface area contributed by atoms with Gasteiger partial charge >= 0.3 is 5.97 Å². The van der Waals surface area contributed by atoms with Gasteiger partial charge < -0.3 is 9.64 Å². The van der Waals surface area contributed by atoms with Crippen LogP contribution in [0.25, 0.3) is 0 Å². The number of esters is 1. The molecule has 1 N–H and O–H groups in total. The quantitative estimate of drug-likeness (QED) is 0.624. The van der Waals surface area contributed by atoms with Crippen LogP contribution in [-0.4, -0.2) is 51.4 Å². The second kappa shape index (κ2) is 10.2. The Morgan fingerprint density at radius 2 is 1.87 bits per heavy atom. The number of thiophene rings is 1. The second-order valence-electron chi connectivity index (χ2n) is 7.07. The third kappa shape index (κ3) is 5.68. The Kier molecular flexibility index (Phi) is 7.63. The van der Waals surface area contributed by atoms with Crippen LogP contribution < -0.4 is 4.72 Å². The van der Waals surface area contributed by atoms with Crippen LogP contribution in [0.4, 0.5) is 0 Å². The number of amides is 1. The van der Waals surface area contributed by atoms with Gasteiger partial charge in [-0.1, -0.05) is 6.07 Å². The lowest BCUT2D eigenvalue weighted by Crippen LogP contribution is -2.40. The molecule has 1 aromatic carbocycles. The maximum atomic E-state index is 12.7. The molecule has 7 nitrogen and oxygen atoms in total. The third-order valence-electron chi connectivity index (χ3n) is 5.06. The highest BCUT2D eigenvalue weighted by atomic mass is 32.2. The Labute approximate surface area is 181 Å². The van der Waals surface area contributed by atoms with Gasteiger partial charge in [-0.05, 0) is 61.9 Å². The number of ether oxygens (including phenoxy) is 1. The normalized spacial score (nSPS) is 15.2. The van der Waals surface area contributed by atoms with Crippen molar-refractivity contribution < 1.29 is 22.7 Å². The number of sulfonamides is 1. The molecule has 1 amide bonds. The van der Waals surface area contributed by atoms with Crippen LogP contribution in [0.15, 0.2) is 46.7 Å². The van der Waals surface area contributed by atoms with Crippen LogP contribution in [0.2, 0.25) is 0 Å². The molecule has 30 heavy (non-hydrogen) atoms. The van der Waals surface area contributed by atoms with Gasteiger partial charge in [-0.15, -0.1) is 11.3 Å². The van der Waals surface area contributed by atoms with Gasteiger partial charge in [0.05, 0.1) is 17.4 Å². The van der Waals surface area contributed by atoms with Crippen molar-refractivity contribution in [2.24, 2.45) is 5.92 Å². The van der Waals surface area contributed by atoms with E-state index in [-0.39, 0.29) is 22.7 Å². The first-order valence-electron chi connectivity index (χ1n) is 9.98. The number of nitrogens with zero attached hydrogens (tertiary/aromatic N) is 1. The molecule has 1 aromatic heterocycles. The SMILES string of the molecule is CCOC(=O)C1CCN(C(=O)c2ccc(S(=O)(=O)NCCc3cccs3)cc2)CC1. The van der Waals surface area contributed by atoms with E-state index in [1.165, 1.54) is 24.3 Å². The number of piperidine rings is 1. The molecule has 1 saturated heterocycles. The highest BCUT2D eigenvalue weighted by Gasteiger charge is 2.28. The summed E-state index contributed by atoms with van der Waals surface area (Å²) in [4.78, 5) is 27.5. The van der Waals surface area contributed by atoms with E-state index in [0.29, 0.717) is 51.1 Å². The Hall–Kier alpha value is -2.23. The molecular formula is C21H26N2O5S2. The Balaban J connectivity index is 1.54. The van der Waals surface area contributed by atoms with Crippen molar-refractivity contribution in [3.05, 3.63) is 52.2 Å². The molecule has 9 heteroatoms. The van der Waals surface area contributed by atoms with E-state index in [9.17, 15) is 18.0 Å². The zero-order chi connectivity index (χ0) is 21.6. The smallest absolute Gasteiger partial charge is 0.309 e. The van der Waals surface area contributed by atoms with E-state index >= 15 is 0 Å². The summed E-state index contributed by atoms with van der Waals surface area (Å²) in [5, 5.41) is 1.96. The summed E-state index contributed by atoms with van der Waals surface area (Å²) in [5.74, 6) is -0.528. The average molecular weight is 451 g/mol. The molecule has 0 bridgehead atoms. The summed E-state index contributed by atoms with van der Waals surface area (Å²) in [6.07, 6.45) is 1.78. The van der Waals surface area contributed by atoms with Crippen LogP contribution in [0, 0.1) is 5.92 Å². The van der Waals surface area contributed by atoms with Crippen molar-refractivity contribution in [2.75, 3.05) is 26.2 Å². The minimum absolute atomic E-state index is 0.131. The molecule has 2 heterocycles. The van der Waals surface area contributed by atoms with E-state index < -0.39 is 10.0 Å². The van der Waals surface area contributed by atoms with Crippen molar-refractivity contribution in [3.8, 4) is 0 Å². The van der Waals surface area contributed by atoms with Gasteiger partial charge in [0, 0.05) is 30.1 Å². The lowest BCUT2D eigenvalue weighted by atomic mass is 9.96. The molecule has 0 radical (unpaired) electrons. The monoisotopic (exact) mass is 450 g/mol. The van der Waals surface area contributed by atoms with Crippen molar-refractivity contribution in [3.63, 3.8) is 0 Å². The fourth-order valence-electron chi connectivity index (χ4n) is 3.38. The number of nitrogens with one attached hydrogen (secondary N) is 1. The number of hydrogen-bond acceptors (Lipinski definition) is 6. The maximum absolute atomic E-state index is 12.7. The highest BCUT2D eigenvalue weighted by molar-refractivity contribution is 7.89. The molecule has 2 aromatic rings. The molecule has 3 rings (SSSR count). The number of carbonyl (C=O) groups is 2. The van der Waals surface area contributed by atoms with E-state index in [1.807, 2.05) is 17.5 Å². The summed E-state index contributed by atoms with van der Waals surface area (Å²) in [7, 11) is -3.62. The third-order valence-corrected chi connectivity index (χ3v) is 7.47. The standard InChI is InChI=1S/C21H26N2O5S2/c1-2-28-21(25)17-10-13-23(14-11-17)20(24)16-5-7-19(8-6-16)30(26,27)22-12-9-18-4-3-15-29-18/h3-8,15,17,22H,2,9-14H2,1H3. The second-order valence-corrected chi connectivity index (χ2v) is 9.87. The van der Waals surface area contributed by atoms with E-state index in [4.69, 9.17) is 4.74 Å². The number of carbonyl (C=O) groups excluding carboxylic acids is 2. The molecule has 1 fully saturated rings. The summed E-state index contributed by atoms with van der Waals surface area (Å²) < 4.78 is 32.5. The zero-order valence-corrected chi connectivity index (χ0v) is 18.5. The number of likely N-dealkylation sites (tertiary alicyclic amines) is 1. The van der Waals surface area contributed by atoms with Crippen molar-refractivity contribution in [2.45, 2.75) is 31.1 Å². The van der Waals surface area contributed by atoms with Crippen molar-refractivity contribution in [1.82, 2.24) is 9.62 Å². The summed E-state index contributed by atoms with van der Waals surface area (Å²) in [5.41, 5.74) is 0.433. The molecule has 0 aliphatic carbocycles. The maximum Gasteiger partial charge on any atom is 0.309 e. The van der Waals surface area contributed by atoms with Crippen molar-refractivity contribution in [1.29, 1.82) is 0 Å². The Morgan fingerprint density at radius 3 is 2.47 bits per heavy atom. The predicted molar refractivity (Wildman–Crippen MR) is 115 cm³/mol. The van der Waals surface area contributed by atoms with Crippen LogP contribution in [0.3, 0.4) is 0 Å². The largest absolute Gasteiger partial charge is 0.466 e. The lowest BCUT2D eigenvalue weighted by Gasteiger charge is -2.31. The van der Waals surface area contributed by atoms with Gasteiger partial charge in [-0.25, -0.2) is 13.1 Å². The summed E-state index contributed by atoms with van der Waals surface area (Å²) in [6, 6.07) is 9.87. The molecule has 1 aliphatic heterocycles. The zero-order valence-electron chi connectivity index (χ0n) is 16.9. The number of hydrogen-bond donors (Lipinski definition) is 1. The average Bonchev–Trinajstić information content (AvgIpc) is 3.27. The molecule has 0 saturated carbocycles. The van der Waals surface area contributed by atoms with Gasteiger partial charge in [-0.2, -0.15) is 0 Å². The van der Waals surface area contributed by atoms with E-state index in [2.05, 4.69) is 4.72 Å². The van der Waals surface area contributed by atoms with Gasteiger partial charge in [0.15, 0.2) is 0 Å². The first kappa shape index (κ1) is 22.5. The van der Waals surface area contributed by atoms with Crippen LogP contribution >= 0.6 is 11.3 Å². The minimum Gasteiger partial charge on any atom is -0.466 e. The van der Waals surface area contributed by atoms with Crippen LogP contribution in [-0.2, 0) is 26.0 Å². The fourth-order valence-corrected chi connectivity index (χ4v) is 5.13. The number of benzene rings is 1. The van der Waals surface area contributed by atoms with Gasteiger partial charge in [-0.3, -0.25) is 9.59 Å². The molecular weight excluding hydrogens is 424 g/mol. The minimum atomic E-state index is -3.62. The van der Waals surface area contributed by atoms with Crippen LogP contribution in [0.5, 0.6) is 0 Å². The van der Waals surface area contributed by atoms with Gasteiger partial charge in [0.1, 0.15) is 0 Å². The predicted octanol–water partition coefficient (Wildman–Crippen LogP) is 2.68. The molecule has 0 unspecified atom stereocenters. The van der Waals surface area contributed by atoms with Crippen molar-refractivity contribution >= 4 is 33.2 Å². The van der Waals surface area contributed by atoms with Gasteiger partial charge in [0.25, 0.3) is 5.91 Å². The molecule has 1 aliphatic rings. The topological polar surface area (TPSA) is 92.8 Å². The molecule has 162 valence electrons.